The molecule has 27 heavy (non-hydrogen) atoms. The summed E-state index contributed by atoms with van der Waals surface area (Å²) in [5, 5.41) is 5.93. The molecule has 6 heteroatoms. The van der Waals surface area contributed by atoms with Crippen molar-refractivity contribution in [1.82, 2.24) is 9.97 Å². The highest BCUT2D eigenvalue weighted by molar-refractivity contribution is 6.03. The fourth-order valence-electron chi connectivity index (χ4n) is 2.53. The van der Waals surface area contributed by atoms with Gasteiger partial charge in [0, 0.05) is 16.9 Å². The van der Waals surface area contributed by atoms with Crippen LogP contribution in [-0.4, -0.2) is 21.7 Å². The molecule has 0 fully saturated rings. The SMILES string of the molecule is CC(=O)c1cccc(Nc2cnc(C(=O)Nc3cc(C)ccc3C)cn2)c1. The molecule has 6 nitrogen and oxygen atoms in total. The lowest BCUT2D eigenvalue weighted by Crippen LogP contribution is -2.15. The maximum absolute atomic E-state index is 12.4. The first-order valence-electron chi connectivity index (χ1n) is 8.51. The Morgan fingerprint density at radius 3 is 2.48 bits per heavy atom. The molecular weight excluding hydrogens is 340 g/mol. The van der Waals surface area contributed by atoms with Crippen molar-refractivity contribution in [2.24, 2.45) is 0 Å². The summed E-state index contributed by atoms with van der Waals surface area (Å²) in [6, 6.07) is 13.0. The van der Waals surface area contributed by atoms with Crippen LogP contribution in [0.3, 0.4) is 0 Å². The zero-order chi connectivity index (χ0) is 19.4. The Kier molecular flexibility index (Phi) is 5.26. The van der Waals surface area contributed by atoms with Gasteiger partial charge in [0.2, 0.25) is 0 Å². The van der Waals surface area contributed by atoms with E-state index in [2.05, 4.69) is 20.6 Å². The van der Waals surface area contributed by atoms with Gasteiger partial charge in [0.05, 0.1) is 12.4 Å². The number of nitrogens with one attached hydrogen (secondary N) is 2. The summed E-state index contributed by atoms with van der Waals surface area (Å²) in [6.45, 7) is 5.42. The van der Waals surface area contributed by atoms with Gasteiger partial charge in [-0.15, -0.1) is 0 Å². The minimum absolute atomic E-state index is 0.0109. The topological polar surface area (TPSA) is 84.0 Å². The largest absolute Gasteiger partial charge is 0.339 e. The van der Waals surface area contributed by atoms with Crippen molar-refractivity contribution in [3.63, 3.8) is 0 Å². The molecule has 0 unspecified atom stereocenters. The van der Waals surface area contributed by atoms with E-state index in [9.17, 15) is 9.59 Å². The molecule has 0 aliphatic heterocycles. The van der Waals surface area contributed by atoms with Gasteiger partial charge in [-0.3, -0.25) is 9.59 Å². The predicted octanol–water partition coefficient (Wildman–Crippen LogP) is 4.29. The number of aromatic nitrogens is 2. The first kappa shape index (κ1) is 18.3. The van der Waals surface area contributed by atoms with Crippen molar-refractivity contribution >= 4 is 28.9 Å². The quantitative estimate of drug-likeness (QED) is 0.663. The van der Waals surface area contributed by atoms with Crippen LogP contribution in [0.25, 0.3) is 0 Å². The van der Waals surface area contributed by atoms with Crippen LogP contribution in [0.4, 0.5) is 17.2 Å². The highest BCUT2D eigenvalue weighted by Gasteiger charge is 2.10. The molecule has 0 saturated carbocycles. The molecule has 2 N–H and O–H groups in total. The molecule has 2 aromatic carbocycles. The molecule has 3 aromatic rings. The van der Waals surface area contributed by atoms with E-state index in [-0.39, 0.29) is 17.4 Å². The molecule has 136 valence electrons. The van der Waals surface area contributed by atoms with Gasteiger partial charge in [-0.1, -0.05) is 24.3 Å². The summed E-state index contributed by atoms with van der Waals surface area (Å²) in [4.78, 5) is 32.3. The average Bonchev–Trinajstić information content (AvgIpc) is 2.65. The number of nitrogens with zero attached hydrogens (tertiary/aromatic N) is 2. The fraction of sp³-hybridized carbons (Fsp3) is 0.143. The summed E-state index contributed by atoms with van der Waals surface area (Å²) in [7, 11) is 0. The van der Waals surface area contributed by atoms with Gasteiger partial charge in [0.15, 0.2) is 5.78 Å². The first-order valence-corrected chi connectivity index (χ1v) is 8.51. The highest BCUT2D eigenvalue weighted by atomic mass is 16.2. The second-order valence-corrected chi connectivity index (χ2v) is 6.32. The van der Waals surface area contributed by atoms with E-state index in [0.717, 1.165) is 22.5 Å². The first-order chi connectivity index (χ1) is 12.9. The van der Waals surface area contributed by atoms with Crippen molar-refractivity contribution in [2.45, 2.75) is 20.8 Å². The Balaban J connectivity index is 1.71. The minimum Gasteiger partial charge on any atom is -0.339 e. The number of hydrogen-bond donors (Lipinski definition) is 2. The second-order valence-electron chi connectivity index (χ2n) is 6.32. The van der Waals surface area contributed by atoms with Crippen LogP contribution in [0, 0.1) is 13.8 Å². The molecule has 3 rings (SSSR count). The third-order valence-corrected chi connectivity index (χ3v) is 4.07. The molecule has 1 amide bonds. The summed E-state index contributed by atoms with van der Waals surface area (Å²) in [6.07, 6.45) is 2.90. The van der Waals surface area contributed by atoms with Crippen LogP contribution in [0.15, 0.2) is 54.9 Å². The molecule has 0 aliphatic rings. The van der Waals surface area contributed by atoms with E-state index in [1.807, 2.05) is 38.1 Å². The molecule has 0 spiro atoms. The zero-order valence-corrected chi connectivity index (χ0v) is 15.4. The maximum Gasteiger partial charge on any atom is 0.275 e. The lowest BCUT2D eigenvalue weighted by atomic mass is 10.1. The number of benzene rings is 2. The van der Waals surface area contributed by atoms with Gasteiger partial charge >= 0.3 is 0 Å². The number of aryl methyl sites for hydroxylation is 2. The van der Waals surface area contributed by atoms with Crippen molar-refractivity contribution in [3.05, 3.63) is 77.2 Å². The minimum atomic E-state index is -0.318. The van der Waals surface area contributed by atoms with Gasteiger partial charge in [0.1, 0.15) is 11.5 Å². The van der Waals surface area contributed by atoms with Crippen molar-refractivity contribution in [3.8, 4) is 0 Å². The number of carbonyl (C=O) groups is 2. The standard InChI is InChI=1S/C21H20N4O2/c1-13-7-8-14(2)18(9-13)25-21(27)19-11-23-20(12-22-19)24-17-6-4-5-16(10-17)15(3)26/h4-12H,1-3H3,(H,23,24)(H,25,27). The number of amides is 1. The summed E-state index contributed by atoms with van der Waals surface area (Å²) < 4.78 is 0. The number of ketones is 1. The van der Waals surface area contributed by atoms with Crippen LogP contribution in [-0.2, 0) is 0 Å². The summed E-state index contributed by atoms with van der Waals surface area (Å²) in [5.41, 5.74) is 4.35. The van der Waals surface area contributed by atoms with E-state index >= 15 is 0 Å². The van der Waals surface area contributed by atoms with Gasteiger partial charge in [0.25, 0.3) is 5.91 Å². The molecule has 0 aliphatic carbocycles. The third-order valence-electron chi connectivity index (χ3n) is 4.07. The predicted molar refractivity (Wildman–Crippen MR) is 106 cm³/mol. The van der Waals surface area contributed by atoms with Crippen molar-refractivity contribution < 1.29 is 9.59 Å². The Morgan fingerprint density at radius 1 is 0.963 bits per heavy atom. The molecule has 0 atom stereocenters. The molecule has 1 aromatic heterocycles. The zero-order valence-electron chi connectivity index (χ0n) is 15.4. The van der Waals surface area contributed by atoms with Crippen LogP contribution in [0.2, 0.25) is 0 Å². The van der Waals surface area contributed by atoms with E-state index in [0.29, 0.717) is 11.4 Å². The fourth-order valence-corrected chi connectivity index (χ4v) is 2.53. The number of anilines is 3. The van der Waals surface area contributed by atoms with Crippen molar-refractivity contribution in [1.29, 1.82) is 0 Å². The molecular formula is C21H20N4O2. The van der Waals surface area contributed by atoms with Crippen LogP contribution < -0.4 is 10.6 Å². The smallest absolute Gasteiger partial charge is 0.275 e. The highest BCUT2D eigenvalue weighted by Crippen LogP contribution is 2.18. The van der Waals surface area contributed by atoms with E-state index in [4.69, 9.17) is 0 Å². The number of carbonyl (C=O) groups excluding carboxylic acids is 2. The Labute approximate surface area is 157 Å². The van der Waals surface area contributed by atoms with Crippen molar-refractivity contribution in [2.75, 3.05) is 10.6 Å². The maximum atomic E-state index is 12.4. The molecule has 0 saturated heterocycles. The number of rotatable bonds is 5. The van der Waals surface area contributed by atoms with Crippen LogP contribution >= 0.6 is 0 Å². The number of hydrogen-bond acceptors (Lipinski definition) is 5. The van der Waals surface area contributed by atoms with Gasteiger partial charge in [-0.2, -0.15) is 0 Å². The van der Waals surface area contributed by atoms with Crippen LogP contribution in [0.1, 0.15) is 38.9 Å². The Bertz CT molecular complexity index is 997. The van der Waals surface area contributed by atoms with Crippen LogP contribution in [0.5, 0.6) is 0 Å². The second kappa shape index (κ2) is 7.78. The number of Topliss-reactive ketones (excluding diaryl/α,β-unsaturated/α-hetero) is 1. The summed E-state index contributed by atoms with van der Waals surface area (Å²) in [5.74, 6) is 0.156. The molecule has 0 radical (unpaired) electrons. The lowest BCUT2D eigenvalue weighted by molar-refractivity contribution is 0.101. The van der Waals surface area contributed by atoms with E-state index in [1.54, 1.807) is 18.2 Å². The van der Waals surface area contributed by atoms with Gasteiger partial charge in [-0.25, -0.2) is 9.97 Å². The third kappa shape index (κ3) is 4.55. The van der Waals surface area contributed by atoms with E-state index in [1.165, 1.54) is 19.3 Å². The molecule has 0 bridgehead atoms. The van der Waals surface area contributed by atoms with Gasteiger partial charge < -0.3 is 10.6 Å². The monoisotopic (exact) mass is 360 g/mol. The Hall–Kier alpha value is -3.54. The lowest BCUT2D eigenvalue weighted by Gasteiger charge is -2.10. The molecule has 1 heterocycles. The van der Waals surface area contributed by atoms with Gasteiger partial charge in [-0.05, 0) is 50.1 Å². The summed E-state index contributed by atoms with van der Waals surface area (Å²) >= 11 is 0. The Morgan fingerprint density at radius 2 is 1.78 bits per heavy atom. The normalized spacial score (nSPS) is 10.3. The van der Waals surface area contributed by atoms with E-state index < -0.39 is 0 Å². The average molecular weight is 360 g/mol.